The molecule has 14 heteroatoms. The topological polar surface area (TPSA) is 130 Å². The van der Waals surface area contributed by atoms with Crippen molar-refractivity contribution in [1.82, 2.24) is 10.4 Å². The van der Waals surface area contributed by atoms with Gasteiger partial charge in [-0.3, -0.25) is 14.4 Å². The second kappa shape index (κ2) is 14.6. The number of carbonyl (C=O) groups is 3. The van der Waals surface area contributed by atoms with Crippen molar-refractivity contribution in [2.75, 3.05) is 19.0 Å². The van der Waals surface area contributed by atoms with Gasteiger partial charge in [-0.1, -0.05) is 41.9 Å². The van der Waals surface area contributed by atoms with E-state index in [4.69, 9.17) is 21.2 Å². The molecule has 1 heterocycles. The van der Waals surface area contributed by atoms with Crippen LogP contribution in [0.25, 0.3) is 0 Å². The van der Waals surface area contributed by atoms with Gasteiger partial charge in [0.25, 0.3) is 5.91 Å². The van der Waals surface area contributed by atoms with E-state index < -0.39 is 48.7 Å². The summed E-state index contributed by atoms with van der Waals surface area (Å²) in [5.41, 5.74) is 4.16. The van der Waals surface area contributed by atoms with E-state index in [1.165, 1.54) is 43.5 Å². The zero-order valence-electron chi connectivity index (χ0n) is 25.3. The summed E-state index contributed by atoms with van der Waals surface area (Å²) in [6.07, 6.45) is -5.86. The van der Waals surface area contributed by atoms with Gasteiger partial charge in [0, 0.05) is 33.9 Å². The van der Waals surface area contributed by atoms with Gasteiger partial charge in [0.1, 0.15) is 12.3 Å². The van der Waals surface area contributed by atoms with Gasteiger partial charge in [-0.2, -0.15) is 13.2 Å². The molecule has 0 aromatic heterocycles. The predicted molar refractivity (Wildman–Crippen MR) is 171 cm³/mol. The molecule has 0 aliphatic carbocycles. The van der Waals surface area contributed by atoms with E-state index in [9.17, 15) is 32.7 Å². The fourth-order valence-electron chi connectivity index (χ4n) is 4.89. The Balaban J connectivity index is 1.22. The van der Waals surface area contributed by atoms with Crippen LogP contribution < -0.4 is 15.5 Å². The molecule has 3 N–H and O–H groups in total. The van der Waals surface area contributed by atoms with Gasteiger partial charge in [-0.15, -0.1) is 0 Å². The second-order valence-electron chi connectivity index (χ2n) is 10.7. The van der Waals surface area contributed by atoms with Gasteiger partial charge in [0.05, 0.1) is 19.1 Å². The lowest BCUT2D eigenvalue weighted by Crippen LogP contribution is -2.35. The SMILES string of the molecule is COc1ccc(CC(=O)Nc2ccc(C(=O)N(CC(=O)O)Cc3ccc(C4N=C(c5ccc(Cl)cc5)NO4)cc3)cc2)c(C(F)(F)F)c1. The Morgan fingerprint density at radius 1 is 1.00 bits per heavy atom. The first-order chi connectivity index (χ1) is 22.9. The molecule has 48 heavy (non-hydrogen) atoms. The predicted octanol–water partition coefficient (Wildman–Crippen LogP) is 6.26. The molecule has 1 atom stereocenters. The highest BCUT2D eigenvalue weighted by molar-refractivity contribution is 6.30. The van der Waals surface area contributed by atoms with Crippen LogP contribution >= 0.6 is 11.6 Å². The lowest BCUT2D eigenvalue weighted by Gasteiger charge is -2.21. The fraction of sp³-hybridized carbons (Fsp3) is 0.176. The molecule has 1 aliphatic heterocycles. The molecule has 5 rings (SSSR count). The van der Waals surface area contributed by atoms with E-state index in [0.29, 0.717) is 16.4 Å². The zero-order valence-corrected chi connectivity index (χ0v) is 26.0. The molecule has 0 saturated carbocycles. The van der Waals surface area contributed by atoms with Crippen LogP contribution in [0.2, 0.25) is 5.02 Å². The van der Waals surface area contributed by atoms with Crippen molar-refractivity contribution in [3.8, 4) is 5.75 Å². The van der Waals surface area contributed by atoms with Crippen molar-refractivity contribution in [3.63, 3.8) is 0 Å². The van der Waals surface area contributed by atoms with Crippen LogP contribution in [0.1, 0.15) is 44.4 Å². The summed E-state index contributed by atoms with van der Waals surface area (Å²) in [5.74, 6) is -1.94. The second-order valence-corrected chi connectivity index (χ2v) is 11.1. The van der Waals surface area contributed by atoms with Crippen molar-refractivity contribution in [2.24, 2.45) is 4.99 Å². The largest absolute Gasteiger partial charge is 0.497 e. The third kappa shape index (κ3) is 8.49. The highest BCUT2D eigenvalue weighted by Gasteiger charge is 2.34. The third-order valence-electron chi connectivity index (χ3n) is 7.27. The molecule has 1 aliphatic rings. The molecule has 0 fully saturated rings. The Morgan fingerprint density at radius 3 is 2.31 bits per heavy atom. The van der Waals surface area contributed by atoms with Crippen LogP contribution in [0.5, 0.6) is 5.75 Å². The minimum atomic E-state index is -4.69. The molecule has 4 aromatic carbocycles. The first-order valence-electron chi connectivity index (χ1n) is 14.4. The Hall–Kier alpha value is -5.40. The van der Waals surface area contributed by atoms with E-state index >= 15 is 0 Å². The number of ether oxygens (including phenoxy) is 1. The number of hydrogen-bond acceptors (Lipinski definition) is 7. The van der Waals surface area contributed by atoms with Crippen molar-refractivity contribution >= 4 is 40.9 Å². The Bertz CT molecular complexity index is 1830. The Labute approximate surface area is 277 Å². The van der Waals surface area contributed by atoms with E-state index in [1.807, 2.05) is 0 Å². The van der Waals surface area contributed by atoms with Crippen molar-refractivity contribution in [1.29, 1.82) is 0 Å². The van der Waals surface area contributed by atoms with Crippen LogP contribution in [0.3, 0.4) is 0 Å². The highest BCUT2D eigenvalue weighted by atomic mass is 35.5. The monoisotopic (exact) mass is 680 g/mol. The van der Waals surface area contributed by atoms with Gasteiger partial charge >= 0.3 is 12.1 Å². The zero-order chi connectivity index (χ0) is 34.4. The standard InChI is InChI=1S/C34H28ClF3N4O6/c1-47-27-15-10-24(28(17-27)34(36,37)38)16-29(43)39-26-13-8-23(9-14-26)33(46)42(19-30(44)45)18-20-2-4-22(5-3-20)32-40-31(41-48-32)21-6-11-25(35)12-7-21/h2-15,17,32H,16,18-19H2,1H3,(H,39,43)(H,40,41)(H,44,45). The quantitative estimate of drug-likeness (QED) is 0.171. The number of alkyl halides is 3. The lowest BCUT2D eigenvalue weighted by atomic mass is 10.0. The number of hydroxylamine groups is 1. The molecule has 2 amide bonds. The lowest BCUT2D eigenvalue weighted by molar-refractivity contribution is -0.139. The molecule has 0 bridgehead atoms. The number of carboxylic acid groups (broad SMARTS) is 1. The van der Waals surface area contributed by atoms with Crippen molar-refractivity contribution in [3.05, 3.63) is 129 Å². The van der Waals surface area contributed by atoms with E-state index in [1.54, 1.807) is 48.5 Å². The van der Waals surface area contributed by atoms with Gasteiger partial charge in [0.2, 0.25) is 12.1 Å². The first kappa shape index (κ1) is 33.9. The first-order valence-corrected chi connectivity index (χ1v) is 14.8. The number of aliphatic imine (C=N–C) groups is 1. The maximum Gasteiger partial charge on any atom is 0.416 e. The number of benzene rings is 4. The molecule has 0 spiro atoms. The minimum Gasteiger partial charge on any atom is -0.497 e. The summed E-state index contributed by atoms with van der Waals surface area (Å²) in [4.78, 5) is 48.8. The van der Waals surface area contributed by atoms with E-state index in [-0.39, 0.29) is 29.1 Å². The summed E-state index contributed by atoms with van der Waals surface area (Å²) < 4.78 is 45.5. The van der Waals surface area contributed by atoms with E-state index in [2.05, 4.69) is 15.8 Å². The summed E-state index contributed by atoms with van der Waals surface area (Å²) in [7, 11) is 1.24. The summed E-state index contributed by atoms with van der Waals surface area (Å²) in [6.45, 7) is -0.594. The number of halogens is 4. The summed E-state index contributed by atoms with van der Waals surface area (Å²) >= 11 is 5.95. The number of hydrogen-bond donors (Lipinski definition) is 3. The van der Waals surface area contributed by atoms with Gasteiger partial charge < -0.3 is 20.1 Å². The molecular weight excluding hydrogens is 653 g/mol. The summed E-state index contributed by atoms with van der Waals surface area (Å²) in [6, 6.07) is 23.0. The highest BCUT2D eigenvalue weighted by Crippen LogP contribution is 2.35. The maximum absolute atomic E-state index is 13.5. The number of carboxylic acids is 1. The van der Waals surface area contributed by atoms with Gasteiger partial charge in [0.15, 0.2) is 5.84 Å². The van der Waals surface area contributed by atoms with Crippen LogP contribution in [-0.4, -0.2) is 47.3 Å². The molecule has 1 unspecified atom stereocenters. The van der Waals surface area contributed by atoms with Crippen LogP contribution in [-0.2, 0) is 33.6 Å². The van der Waals surface area contributed by atoms with Gasteiger partial charge in [-0.05, 0) is 71.8 Å². The molecule has 0 saturated heterocycles. The molecular formula is C34H28ClF3N4O6. The van der Waals surface area contributed by atoms with Crippen LogP contribution in [0.4, 0.5) is 18.9 Å². The van der Waals surface area contributed by atoms with Gasteiger partial charge in [-0.25, -0.2) is 15.3 Å². The number of methoxy groups -OCH3 is 1. The maximum atomic E-state index is 13.5. The molecule has 10 nitrogen and oxygen atoms in total. The van der Waals surface area contributed by atoms with Crippen molar-refractivity contribution < 1.29 is 42.2 Å². The fourth-order valence-corrected chi connectivity index (χ4v) is 5.02. The minimum absolute atomic E-state index is 0.0101. The molecule has 4 aromatic rings. The van der Waals surface area contributed by atoms with Crippen molar-refractivity contribution in [2.45, 2.75) is 25.4 Å². The normalized spacial score (nSPS) is 14.1. The third-order valence-corrected chi connectivity index (χ3v) is 7.52. The number of rotatable bonds is 11. The molecule has 0 radical (unpaired) electrons. The number of anilines is 1. The number of nitrogens with zero attached hydrogens (tertiary/aromatic N) is 2. The number of nitrogens with one attached hydrogen (secondary N) is 2. The number of aliphatic carboxylic acids is 1. The summed E-state index contributed by atoms with van der Waals surface area (Å²) in [5, 5.41) is 12.6. The molecule has 248 valence electrons. The van der Waals surface area contributed by atoms with Crippen LogP contribution in [0, 0.1) is 0 Å². The Morgan fingerprint density at radius 2 is 1.69 bits per heavy atom. The average molecular weight is 681 g/mol. The number of carbonyl (C=O) groups excluding carboxylic acids is 2. The number of amides is 2. The van der Waals surface area contributed by atoms with Crippen LogP contribution in [0.15, 0.2) is 96.0 Å². The Kier molecular flexibility index (Phi) is 10.3. The van der Waals surface area contributed by atoms with E-state index in [0.717, 1.165) is 22.1 Å². The number of amidine groups is 1. The smallest absolute Gasteiger partial charge is 0.416 e. The average Bonchev–Trinajstić information content (AvgIpc) is 3.55.